The SMILES string of the molecule is COCCCOc1cc(C(=O)N(CC2CNC[C@H]2NC2CCN(Cc3ccccc3)C2)C(C)C)ccc1OC. The van der Waals surface area contributed by atoms with Gasteiger partial charge < -0.3 is 29.7 Å². The van der Waals surface area contributed by atoms with E-state index in [0.29, 0.717) is 54.8 Å². The van der Waals surface area contributed by atoms with Gasteiger partial charge in [0.05, 0.1) is 13.7 Å². The number of hydrogen-bond acceptors (Lipinski definition) is 7. The van der Waals surface area contributed by atoms with Crippen LogP contribution in [0.5, 0.6) is 11.5 Å². The Morgan fingerprint density at radius 1 is 1.10 bits per heavy atom. The largest absolute Gasteiger partial charge is 0.493 e. The first-order valence-corrected chi connectivity index (χ1v) is 14.3. The molecule has 214 valence electrons. The van der Waals surface area contributed by atoms with Gasteiger partial charge in [-0.1, -0.05) is 30.3 Å². The van der Waals surface area contributed by atoms with E-state index in [1.165, 1.54) is 5.56 Å². The Labute approximate surface area is 234 Å². The lowest BCUT2D eigenvalue weighted by molar-refractivity contribution is 0.0666. The molecule has 2 heterocycles. The lowest BCUT2D eigenvalue weighted by Crippen LogP contribution is -2.49. The van der Waals surface area contributed by atoms with Gasteiger partial charge in [0, 0.05) is 89.0 Å². The maximum Gasteiger partial charge on any atom is 0.254 e. The predicted octanol–water partition coefficient (Wildman–Crippen LogP) is 3.41. The molecule has 3 atom stereocenters. The zero-order valence-electron chi connectivity index (χ0n) is 24.0. The zero-order valence-corrected chi connectivity index (χ0v) is 24.0. The molecule has 2 unspecified atom stereocenters. The zero-order chi connectivity index (χ0) is 27.6. The van der Waals surface area contributed by atoms with Crippen LogP contribution in [-0.4, -0.2) is 94.0 Å². The van der Waals surface area contributed by atoms with Gasteiger partial charge in [-0.2, -0.15) is 0 Å². The minimum atomic E-state index is 0.0231. The molecule has 39 heavy (non-hydrogen) atoms. The summed E-state index contributed by atoms with van der Waals surface area (Å²) < 4.78 is 16.5. The van der Waals surface area contributed by atoms with Crippen molar-refractivity contribution in [2.45, 2.75) is 51.4 Å². The van der Waals surface area contributed by atoms with Crippen molar-refractivity contribution in [1.29, 1.82) is 0 Å². The molecule has 4 rings (SSSR count). The summed E-state index contributed by atoms with van der Waals surface area (Å²) in [4.78, 5) is 18.3. The minimum absolute atomic E-state index is 0.0231. The van der Waals surface area contributed by atoms with Gasteiger partial charge in [0.2, 0.25) is 0 Å². The van der Waals surface area contributed by atoms with Crippen LogP contribution >= 0.6 is 0 Å². The Hall–Kier alpha value is -2.65. The second-order valence-corrected chi connectivity index (χ2v) is 11.0. The van der Waals surface area contributed by atoms with E-state index in [0.717, 1.165) is 45.6 Å². The summed E-state index contributed by atoms with van der Waals surface area (Å²) in [5, 5.41) is 7.50. The van der Waals surface area contributed by atoms with Crippen molar-refractivity contribution >= 4 is 5.91 Å². The number of hydrogen-bond donors (Lipinski definition) is 2. The number of carbonyl (C=O) groups is 1. The average molecular weight is 539 g/mol. The molecule has 8 nitrogen and oxygen atoms in total. The van der Waals surface area contributed by atoms with E-state index >= 15 is 0 Å². The summed E-state index contributed by atoms with van der Waals surface area (Å²) >= 11 is 0. The van der Waals surface area contributed by atoms with Gasteiger partial charge in [-0.05, 0) is 44.0 Å². The highest BCUT2D eigenvalue weighted by molar-refractivity contribution is 5.95. The smallest absolute Gasteiger partial charge is 0.254 e. The van der Waals surface area contributed by atoms with Crippen LogP contribution in [-0.2, 0) is 11.3 Å². The van der Waals surface area contributed by atoms with Crippen LogP contribution in [0.4, 0.5) is 0 Å². The average Bonchev–Trinajstić information content (AvgIpc) is 3.58. The Kier molecular flexibility index (Phi) is 11.0. The van der Waals surface area contributed by atoms with Crippen LogP contribution in [0, 0.1) is 5.92 Å². The van der Waals surface area contributed by atoms with E-state index in [1.54, 1.807) is 14.2 Å². The summed E-state index contributed by atoms with van der Waals surface area (Å²) in [6.45, 7) is 11.0. The molecule has 0 bridgehead atoms. The number of carbonyl (C=O) groups excluding carboxylic acids is 1. The Morgan fingerprint density at radius 2 is 1.92 bits per heavy atom. The highest BCUT2D eigenvalue weighted by Gasteiger charge is 2.34. The van der Waals surface area contributed by atoms with Crippen LogP contribution in [0.1, 0.15) is 42.6 Å². The number of nitrogens with zero attached hydrogens (tertiary/aromatic N) is 2. The second-order valence-electron chi connectivity index (χ2n) is 11.0. The molecule has 8 heteroatoms. The van der Waals surface area contributed by atoms with Crippen LogP contribution in [0.25, 0.3) is 0 Å². The van der Waals surface area contributed by atoms with Crippen molar-refractivity contribution < 1.29 is 19.0 Å². The second kappa shape index (κ2) is 14.7. The highest BCUT2D eigenvalue weighted by Crippen LogP contribution is 2.29. The molecule has 0 saturated carbocycles. The van der Waals surface area contributed by atoms with E-state index in [-0.39, 0.29) is 11.9 Å². The lowest BCUT2D eigenvalue weighted by atomic mass is 10.00. The van der Waals surface area contributed by atoms with Crippen molar-refractivity contribution in [3.63, 3.8) is 0 Å². The third kappa shape index (κ3) is 8.18. The molecule has 1 amide bonds. The first-order chi connectivity index (χ1) is 19.0. The fraction of sp³-hybridized carbons (Fsp3) is 0.581. The molecule has 2 aromatic rings. The first-order valence-electron chi connectivity index (χ1n) is 14.3. The molecule has 2 aliphatic rings. The lowest BCUT2D eigenvalue weighted by Gasteiger charge is -2.33. The topological polar surface area (TPSA) is 75.3 Å². The van der Waals surface area contributed by atoms with Gasteiger partial charge in [-0.15, -0.1) is 0 Å². The van der Waals surface area contributed by atoms with Gasteiger partial charge in [0.25, 0.3) is 5.91 Å². The normalized spacial score (nSPS) is 21.4. The fourth-order valence-electron chi connectivity index (χ4n) is 5.63. The molecule has 2 aliphatic heterocycles. The van der Waals surface area contributed by atoms with E-state index < -0.39 is 0 Å². The fourth-order valence-corrected chi connectivity index (χ4v) is 5.63. The van der Waals surface area contributed by atoms with Crippen molar-refractivity contribution in [2.24, 2.45) is 5.92 Å². The number of amides is 1. The van der Waals surface area contributed by atoms with Gasteiger partial charge >= 0.3 is 0 Å². The highest BCUT2D eigenvalue weighted by atomic mass is 16.5. The van der Waals surface area contributed by atoms with Gasteiger partial charge in [0.1, 0.15) is 0 Å². The Balaban J connectivity index is 1.36. The number of benzene rings is 2. The molecule has 0 aromatic heterocycles. The molecule has 0 radical (unpaired) electrons. The predicted molar refractivity (Wildman–Crippen MR) is 155 cm³/mol. The maximum absolute atomic E-state index is 13.7. The summed E-state index contributed by atoms with van der Waals surface area (Å²) in [7, 11) is 3.29. The van der Waals surface area contributed by atoms with E-state index in [4.69, 9.17) is 14.2 Å². The van der Waals surface area contributed by atoms with Crippen LogP contribution < -0.4 is 20.1 Å². The van der Waals surface area contributed by atoms with Crippen molar-refractivity contribution in [2.75, 3.05) is 60.2 Å². The van der Waals surface area contributed by atoms with Crippen LogP contribution in [0.2, 0.25) is 0 Å². The van der Waals surface area contributed by atoms with Crippen molar-refractivity contribution in [3.8, 4) is 11.5 Å². The molecule has 2 N–H and O–H groups in total. The number of ether oxygens (including phenoxy) is 3. The molecule has 2 aromatic carbocycles. The van der Waals surface area contributed by atoms with Gasteiger partial charge in [-0.3, -0.25) is 9.69 Å². The number of nitrogens with one attached hydrogen (secondary N) is 2. The standard InChI is InChI=1S/C31H46N4O4/c1-23(2)35(31(36)25-11-12-29(38-4)30(17-25)39-16-8-15-37-3)21-26-18-32-19-28(26)33-27-13-14-34(22-27)20-24-9-6-5-7-10-24/h5-7,9-12,17,23,26-28,32-33H,8,13-16,18-22H2,1-4H3/t26?,27?,28-/m1/s1. The number of methoxy groups -OCH3 is 2. The summed E-state index contributed by atoms with van der Waals surface area (Å²) in [5.41, 5.74) is 1.99. The van der Waals surface area contributed by atoms with Crippen molar-refractivity contribution in [3.05, 3.63) is 59.7 Å². The summed E-state index contributed by atoms with van der Waals surface area (Å²) in [5.74, 6) is 1.59. The quantitative estimate of drug-likeness (QED) is 0.357. The summed E-state index contributed by atoms with van der Waals surface area (Å²) in [6.07, 6.45) is 1.92. The molecule has 2 saturated heterocycles. The minimum Gasteiger partial charge on any atom is -0.493 e. The van der Waals surface area contributed by atoms with Gasteiger partial charge in [-0.25, -0.2) is 0 Å². The first kappa shape index (κ1) is 29.3. The van der Waals surface area contributed by atoms with E-state index in [9.17, 15) is 4.79 Å². The Bertz CT molecular complexity index is 1030. The summed E-state index contributed by atoms with van der Waals surface area (Å²) in [6, 6.07) is 17.1. The van der Waals surface area contributed by atoms with Crippen molar-refractivity contribution in [1.82, 2.24) is 20.4 Å². The third-order valence-electron chi connectivity index (χ3n) is 7.79. The maximum atomic E-state index is 13.7. The number of rotatable bonds is 14. The third-order valence-corrected chi connectivity index (χ3v) is 7.79. The molecule has 0 aliphatic carbocycles. The molecule has 0 spiro atoms. The molecular formula is C31H46N4O4. The molecular weight excluding hydrogens is 492 g/mol. The van der Waals surface area contributed by atoms with Crippen LogP contribution in [0.3, 0.4) is 0 Å². The van der Waals surface area contributed by atoms with Gasteiger partial charge in [0.15, 0.2) is 11.5 Å². The van der Waals surface area contributed by atoms with Crippen LogP contribution in [0.15, 0.2) is 48.5 Å². The number of likely N-dealkylation sites (tertiary alicyclic amines) is 1. The van der Waals surface area contributed by atoms with E-state index in [2.05, 4.69) is 59.7 Å². The Morgan fingerprint density at radius 3 is 2.67 bits per heavy atom. The monoisotopic (exact) mass is 538 g/mol. The van der Waals surface area contributed by atoms with E-state index in [1.807, 2.05) is 23.1 Å². The molecule has 2 fully saturated rings.